The highest BCUT2D eigenvalue weighted by atomic mass is 16.5. The maximum absolute atomic E-state index is 12.7. The molecule has 0 aliphatic carbocycles. The van der Waals surface area contributed by atoms with Gasteiger partial charge in [0.2, 0.25) is 11.8 Å². The zero-order valence-electron chi connectivity index (χ0n) is 16.0. The van der Waals surface area contributed by atoms with Crippen molar-refractivity contribution in [3.8, 4) is 11.5 Å². The lowest BCUT2D eigenvalue weighted by molar-refractivity contribution is -0.122. The van der Waals surface area contributed by atoms with Crippen LogP contribution in [0.4, 0.5) is 11.4 Å². The number of anilines is 2. The van der Waals surface area contributed by atoms with Crippen molar-refractivity contribution in [3.05, 3.63) is 47.5 Å². The standard InChI is InChI=1S/C21H24N2O4/c1-13-5-6-14(2)17(9-13)22-21(25)15-10-20(24)23(12-15)18-8-7-16(26-3)11-19(18)27-4/h5-9,11,15H,10,12H2,1-4H3,(H,22,25)/t15-/m1/s1. The molecule has 1 aliphatic heterocycles. The first-order chi connectivity index (χ1) is 12.9. The normalized spacial score (nSPS) is 16.4. The van der Waals surface area contributed by atoms with Crippen molar-refractivity contribution >= 4 is 23.2 Å². The summed E-state index contributed by atoms with van der Waals surface area (Å²) in [4.78, 5) is 26.9. The Morgan fingerprint density at radius 2 is 1.89 bits per heavy atom. The Hall–Kier alpha value is -3.02. The van der Waals surface area contributed by atoms with E-state index in [0.717, 1.165) is 16.8 Å². The second-order valence-electron chi connectivity index (χ2n) is 6.75. The van der Waals surface area contributed by atoms with Gasteiger partial charge >= 0.3 is 0 Å². The SMILES string of the molecule is COc1ccc(N2C[C@H](C(=O)Nc3cc(C)ccc3C)CC2=O)c(OC)c1. The number of methoxy groups -OCH3 is 2. The second-order valence-corrected chi connectivity index (χ2v) is 6.75. The van der Waals surface area contributed by atoms with Crippen molar-refractivity contribution in [1.82, 2.24) is 0 Å². The topological polar surface area (TPSA) is 67.9 Å². The fraction of sp³-hybridized carbons (Fsp3) is 0.333. The molecule has 1 saturated heterocycles. The van der Waals surface area contributed by atoms with Gasteiger partial charge < -0.3 is 19.7 Å². The number of ether oxygens (including phenoxy) is 2. The molecule has 2 aromatic carbocycles. The first-order valence-electron chi connectivity index (χ1n) is 8.83. The second kappa shape index (κ2) is 7.70. The molecule has 0 aromatic heterocycles. The number of nitrogens with zero attached hydrogens (tertiary/aromatic N) is 1. The molecule has 6 nitrogen and oxygen atoms in total. The molecule has 2 amide bonds. The number of hydrogen-bond acceptors (Lipinski definition) is 4. The average molecular weight is 368 g/mol. The fourth-order valence-corrected chi connectivity index (χ4v) is 3.23. The summed E-state index contributed by atoms with van der Waals surface area (Å²) in [6.07, 6.45) is 0.173. The van der Waals surface area contributed by atoms with Crippen LogP contribution in [-0.2, 0) is 9.59 Å². The number of rotatable bonds is 5. The first-order valence-corrected chi connectivity index (χ1v) is 8.83. The van der Waals surface area contributed by atoms with Gasteiger partial charge in [0.05, 0.1) is 25.8 Å². The van der Waals surface area contributed by atoms with Gasteiger partial charge in [-0.25, -0.2) is 0 Å². The smallest absolute Gasteiger partial charge is 0.229 e. The predicted molar refractivity (Wildman–Crippen MR) is 105 cm³/mol. The largest absolute Gasteiger partial charge is 0.497 e. The lowest BCUT2D eigenvalue weighted by Crippen LogP contribution is -2.28. The van der Waals surface area contributed by atoms with Crippen LogP contribution in [0.5, 0.6) is 11.5 Å². The number of benzene rings is 2. The van der Waals surface area contributed by atoms with Crippen LogP contribution in [0.2, 0.25) is 0 Å². The summed E-state index contributed by atoms with van der Waals surface area (Å²) in [5.41, 5.74) is 3.49. The van der Waals surface area contributed by atoms with Crippen molar-refractivity contribution in [3.63, 3.8) is 0 Å². The van der Waals surface area contributed by atoms with E-state index >= 15 is 0 Å². The summed E-state index contributed by atoms with van der Waals surface area (Å²) >= 11 is 0. The molecule has 27 heavy (non-hydrogen) atoms. The van der Waals surface area contributed by atoms with E-state index in [1.165, 1.54) is 0 Å². The van der Waals surface area contributed by atoms with Crippen molar-refractivity contribution in [2.24, 2.45) is 5.92 Å². The van der Waals surface area contributed by atoms with Crippen molar-refractivity contribution in [2.75, 3.05) is 31.0 Å². The van der Waals surface area contributed by atoms with Gasteiger partial charge in [-0.15, -0.1) is 0 Å². The monoisotopic (exact) mass is 368 g/mol. The summed E-state index contributed by atoms with van der Waals surface area (Å²) in [5, 5.41) is 2.96. The minimum atomic E-state index is -0.413. The quantitative estimate of drug-likeness (QED) is 0.879. The zero-order valence-corrected chi connectivity index (χ0v) is 16.0. The van der Waals surface area contributed by atoms with E-state index in [-0.39, 0.29) is 18.2 Å². The van der Waals surface area contributed by atoms with Crippen LogP contribution in [0, 0.1) is 19.8 Å². The van der Waals surface area contributed by atoms with E-state index in [0.29, 0.717) is 23.7 Å². The molecular formula is C21H24N2O4. The summed E-state index contributed by atoms with van der Waals surface area (Å²) in [5.74, 6) is 0.528. The van der Waals surface area contributed by atoms with E-state index in [9.17, 15) is 9.59 Å². The Labute approximate surface area is 159 Å². The number of carbonyl (C=O) groups is 2. The van der Waals surface area contributed by atoms with Crippen LogP contribution in [0.25, 0.3) is 0 Å². The van der Waals surface area contributed by atoms with Gasteiger partial charge in [0.1, 0.15) is 11.5 Å². The number of aryl methyl sites for hydroxylation is 2. The molecule has 142 valence electrons. The van der Waals surface area contributed by atoms with Crippen LogP contribution in [0.15, 0.2) is 36.4 Å². The molecule has 0 saturated carbocycles. The maximum Gasteiger partial charge on any atom is 0.229 e. The highest BCUT2D eigenvalue weighted by Gasteiger charge is 2.36. The fourth-order valence-electron chi connectivity index (χ4n) is 3.23. The van der Waals surface area contributed by atoms with E-state index in [2.05, 4.69) is 5.32 Å². The molecule has 1 aliphatic rings. The number of amides is 2. The van der Waals surface area contributed by atoms with Crippen LogP contribution in [0.3, 0.4) is 0 Å². The Kier molecular flexibility index (Phi) is 5.35. The van der Waals surface area contributed by atoms with Gasteiger partial charge in [-0.05, 0) is 43.2 Å². The molecule has 1 fully saturated rings. The Morgan fingerprint density at radius 1 is 1.11 bits per heavy atom. The zero-order chi connectivity index (χ0) is 19.6. The van der Waals surface area contributed by atoms with E-state index in [4.69, 9.17) is 9.47 Å². The van der Waals surface area contributed by atoms with E-state index in [1.807, 2.05) is 32.0 Å². The number of nitrogens with one attached hydrogen (secondary N) is 1. The van der Waals surface area contributed by atoms with Crippen LogP contribution in [0.1, 0.15) is 17.5 Å². The molecule has 0 unspecified atom stereocenters. The van der Waals surface area contributed by atoms with E-state index in [1.54, 1.807) is 37.3 Å². The minimum absolute atomic E-state index is 0.0976. The van der Waals surface area contributed by atoms with Gasteiger partial charge in [0.15, 0.2) is 0 Å². The van der Waals surface area contributed by atoms with Crippen molar-refractivity contribution in [1.29, 1.82) is 0 Å². The van der Waals surface area contributed by atoms with Crippen LogP contribution in [-0.4, -0.2) is 32.6 Å². The first kappa shape index (κ1) is 18.8. The third-order valence-corrected chi connectivity index (χ3v) is 4.82. The summed E-state index contributed by atoms with van der Waals surface area (Å²) in [7, 11) is 3.12. The lowest BCUT2D eigenvalue weighted by Gasteiger charge is -2.20. The third-order valence-electron chi connectivity index (χ3n) is 4.82. The van der Waals surface area contributed by atoms with Crippen molar-refractivity contribution < 1.29 is 19.1 Å². The molecule has 1 N–H and O–H groups in total. The van der Waals surface area contributed by atoms with Gasteiger partial charge in [-0.3, -0.25) is 9.59 Å². The average Bonchev–Trinajstić information content (AvgIpc) is 3.05. The summed E-state index contributed by atoms with van der Waals surface area (Å²) in [6.45, 7) is 4.24. The van der Waals surface area contributed by atoms with Gasteiger partial charge in [-0.1, -0.05) is 12.1 Å². The molecule has 6 heteroatoms. The number of hydrogen-bond donors (Lipinski definition) is 1. The lowest BCUT2D eigenvalue weighted by atomic mass is 10.1. The van der Waals surface area contributed by atoms with Gasteiger partial charge in [0.25, 0.3) is 0 Å². The van der Waals surface area contributed by atoms with Gasteiger partial charge in [-0.2, -0.15) is 0 Å². The molecule has 1 heterocycles. The molecule has 1 atom stereocenters. The predicted octanol–water partition coefficient (Wildman–Crippen LogP) is 3.31. The highest BCUT2D eigenvalue weighted by molar-refractivity contribution is 6.04. The Bertz CT molecular complexity index is 878. The molecular weight excluding hydrogens is 344 g/mol. The molecule has 0 spiro atoms. The van der Waals surface area contributed by atoms with Gasteiger partial charge in [0, 0.05) is 24.7 Å². The van der Waals surface area contributed by atoms with E-state index < -0.39 is 5.92 Å². The minimum Gasteiger partial charge on any atom is -0.497 e. The van der Waals surface area contributed by atoms with Crippen molar-refractivity contribution in [2.45, 2.75) is 20.3 Å². The van der Waals surface area contributed by atoms with Crippen LogP contribution < -0.4 is 19.7 Å². The summed E-state index contributed by atoms with van der Waals surface area (Å²) in [6, 6.07) is 11.2. The maximum atomic E-state index is 12.7. The molecule has 3 rings (SSSR count). The van der Waals surface area contributed by atoms with Crippen LogP contribution >= 0.6 is 0 Å². The number of carbonyl (C=O) groups excluding carboxylic acids is 2. The molecule has 0 bridgehead atoms. The third kappa shape index (κ3) is 3.89. The molecule has 2 aromatic rings. The highest BCUT2D eigenvalue weighted by Crippen LogP contribution is 2.36. The summed E-state index contributed by atoms with van der Waals surface area (Å²) < 4.78 is 10.6. The molecule has 0 radical (unpaired) electrons. The Balaban J connectivity index is 1.77. The Morgan fingerprint density at radius 3 is 2.59 bits per heavy atom.